The molecule has 5 rings (SSSR count). The quantitative estimate of drug-likeness (QED) is 0.326. The molecule has 9 nitrogen and oxygen atoms in total. The molecule has 0 unspecified atom stereocenters. The van der Waals surface area contributed by atoms with Crippen LogP contribution >= 0.6 is 0 Å². The van der Waals surface area contributed by atoms with Crippen molar-refractivity contribution in [2.75, 3.05) is 27.3 Å². The first-order valence-corrected chi connectivity index (χ1v) is 13.6. The Labute approximate surface area is 228 Å². The maximum Gasteiger partial charge on any atom is 0.328 e. The molecule has 3 aromatic rings. The number of para-hydroxylation sites is 1. The number of aromatic nitrogens is 1. The molecule has 9 heteroatoms. The molecule has 1 aliphatic carbocycles. The minimum absolute atomic E-state index is 0.0402. The van der Waals surface area contributed by atoms with Crippen LogP contribution in [0.2, 0.25) is 0 Å². The molecule has 2 aliphatic rings. The number of aromatic hydroxyl groups is 1. The van der Waals surface area contributed by atoms with Gasteiger partial charge in [0.2, 0.25) is 5.91 Å². The minimum Gasteiger partial charge on any atom is -0.504 e. The number of fused-ring (bicyclic) bond motifs is 2. The van der Waals surface area contributed by atoms with Gasteiger partial charge in [0.05, 0.1) is 26.4 Å². The Kier molecular flexibility index (Phi) is 7.81. The number of carbonyl (C=O) groups is 2. The van der Waals surface area contributed by atoms with Crippen LogP contribution in [0.1, 0.15) is 49.3 Å². The summed E-state index contributed by atoms with van der Waals surface area (Å²) >= 11 is 0. The van der Waals surface area contributed by atoms with Crippen molar-refractivity contribution in [3.05, 3.63) is 59.8 Å². The Bertz CT molecular complexity index is 1340. The van der Waals surface area contributed by atoms with Crippen LogP contribution in [0, 0.1) is 5.92 Å². The van der Waals surface area contributed by atoms with Gasteiger partial charge in [0.1, 0.15) is 6.04 Å². The van der Waals surface area contributed by atoms with Crippen molar-refractivity contribution in [3.63, 3.8) is 0 Å². The average Bonchev–Trinajstić information content (AvgIpc) is 3.35. The Morgan fingerprint density at radius 1 is 1.18 bits per heavy atom. The smallest absolute Gasteiger partial charge is 0.328 e. The van der Waals surface area contributed by atoms with Gasteiger partial charge in [-0.1, -0.05) is 37.1 Å². The normalized spacial score (nSPS) is 24.1. The van der Waals surface area contributed by atoms with Gasteiger partial charge in [-0.2, -0.15) is 0 Å². The van der Waals surface area contributed by atoms with Gasteiger partial charge in [0.25, 0.3) is 0 Å². The van der Waals surface area contributed by atoms with E-state index in [-0.39, 0.29) is 30.2 Å². The summed E-state index contributed by atoms with van der Waals surface area (Å²) in [6.45, 7) is 0.585. The number of phenolic OH excluding ortho intramolecular Hbond substituents is 1. The third-order valence-corrected chi connectivity index (χ3v) is 8.48. The number of aromatic amines is 1. The lowest BCUT2D eigenvalue weighted by Crippen LogP contribution is -2.57. The maximum absolute atomic E-state index is 13.4. The number of amides is 1. The molecule has 1 amide bonds. The number of carbonyl (C=O) groups excluding carboxylic acids is 2. The number of methoxy groups -OCH3 is 2. The van der Waals surface area contributed by atoms with Gasteiger partial charge < -0.3 is 30.0 Å². The number of phenols is 1. The topological polar surface area (TPSA) is 124 Å². The zero-order valence-corrected chi connectivity index (χ0v) is 22.5. The molecule has 4 N–H and O–H groups in total. The van der Waals surface area contributed by atoms with Crippen molar-refractivity contribution in [2.24, 2.45) is 5.92 Å². The van der Waals surface area contributed by atoms with Crippen molar-refractivity contribution < 1.29 is 29.3 Å². The van der Waals surface area contributed by atoms with Gasteiger partial charge in [-0.25, -0.2) is 4.79 Å². The van der Waals surface area contributed by atoms with Crippen LogP contribution in [0.15, 0.2) is 48.7 Å². The van der Waals surface area contributed by atoms with Crippen molar-refractivity contribution in [1.82, 2.24) is 15.2 Å². The lowest BCUT2D eigenvalue weighted by Gasteiger charge is -2.52. The van der Waals surface area contributed by atoms with E-state index in [1.165, 1.54) is 14.2 Å². The standard InChI is InChI=1S/C30H37N3O6/c1-38-26-16-19(10-11-25(26)34)28-22-8-5-6-12-30(22,37)13-14-33(28)18-27(35)32-24(29(36)39-2)15-20-17-31-23-9-4-3-7-21(20)23/h3-4,7,9-11,16-17,22,24,28,31,34,37H,5-6,8,12-15,18H2,1-2H3,(H,32,35)/t22-,24-,28-,30+/m0/s1. The molecule has 1 aliphatic heterocycles. The Hall–Kier alpha value is -3.56. The lowest BCUT2D eigenvalue weighted by atomic mass is 9.66. The summed E-state index contributed by atoms with van der Waals surface area (Å²) in [4.78, 5) is 31.4. The minimum atomic E-state index is -0.842. The number of benzene rings is 2. The van der Waals surface area contributed by atoms with Crippen molar-refractivity contribution in [1.29, 1.82) is 0 Å². The number of hydrogen-bond donors (Lipinski definition) is 4. The molecule has 208 valence electrons. The monoisotopic (exact) mass is 535 g/mol. The molecule has 1 saturated heterocycles. The Balaban J connectivity index is 1.38. The van der Waals surface area contributed by atoms with Crippen LogP contribution in [0.5, 0.6) is 11.5 Å². The van der Waals surface area contributed by atoms with Gasteiger partial charge in [-0.15, -0.1) is 0 Å². The van der Waals surface area contributed by atoms with E-state index in [1.54, 1.807) is 12.1 Å². The van der Waals surface area contributed by atoms with E-state index in [0.717, 1.165) is 47.7 Å². The molecule has 2 fully saturated rings. The molecule has 4 atom stereocenters. The summed E-state index contributed by atoms with van der Waals surface area (Å²) in [5.74, 6) is -0.467. The first-order valence-electron chi connectivity index (χ1n) is 13.6. The summed E-state index contributed by atoms with van der Waals surface area (Å²) in [7, 11) is 2.82. The SMILES string of the molecule is COC(=O)[C@H](Cc1c[nH]c2ccccc12)NC(=O)CN1CC[C@]2(O)CCCC[C@H]2[C@@H]1c1ccc(O)c(OC)c1. The van der Waals surface area contributed by atoms with E-state index in [0.29, 0.717) is 25.1 Å². The number of nitrogens with zero attached hydrogens (tertiary/aromatic N) is 1. The highest BCUT2D eigenvalue weighted by Crippen LogP contribution is 2.50. The van der Waals surface area contributed by atoms with E-state index in [9.17, 15) is 19.8 Å². The highest BCUT2D eigenvalue weighted by atomic mass is 16.5. The third kappa shape index (κ3) is 5.46. The first-order chi connectivity index (χ1) is 18.8. The number of hydrogen-bond acceptors (Lipinski definition) is 7. The van der Waals surface area contributed by atoms with Crippen LogP contribution in [-0.2, 0) is 20.7 Å². The second kappa shape index (κ2) is 11.3. The van der Waals surface area contributed by atoms with Gasteiger partial charge >= 0.3 is 5.97 Å². The van der Waals surface area contributed by atoms with Crippen LogP contribution in [0.3, 0.4) is 0 Å². The van der Waals surface area contributed by atoms with E-state index >= 15 is 0 Å². The fourth-order valence-electron chi connectivity index (χ4n) is 6.52. The van der Waals surface area contributed by atoms with Gasteiger partial charge in [-0.3, -0.25) is 9.69 Å². The molecule has 0 radical (unpaired) electrons. The van der Waals surface area contributed by atoms with Gasteiger partial charge in [-0.05, 0) is 48.6 Å². The van der Waals surface area contributed by atoms with Crippen LogP contribution in [0.25, 0.3) is 10.9 Å². The molecular formula is C30H37N3O6. The second-order valence-corrected chi connectivity index (χ2v) is 10.8. The molecule has 2 heterocycles. The lowest BCUT2D eigenvalue weighted by molar-refractivity contribution is -0.146. The van der Waals surface area contributed by atoms with Gasteiger partial charge in [0, 0.05) is 42.0 Å². The number of ether oxygens (including phenoxy) is 2. The summed E-state index contributed by atoms with van der Waals surface area (Å²) in [5.41, 5.74) is 1.96. The number of likely N-dealkylation sites (tertiary alicyclic amines) is 1. The number of esters is 1. The maximum atomic E-state index is 13.4. The summed E-state index contributed by atoms with van der Waals surface area (Å²) in [6.07, 6.45) is 6.29. The van der Waals surface area contributed by atoms with Crippen LogP contribution in [-0.4, -0.2) is 70.9 Å². The van der Waals surface area contributed by atoms with E-state index in [4.69, 9.17) is 9.47 Å². The average molecular weight is 536 g/mol. The van der Waals surface area contributed by atoms with E-state index in [1.807, 2.05) is 36.5 Å². The molecule has 1 saturated carbocycles. The largest absolute Gasteiger partial charge is 0.504 e. The second-order valence-electron chi connectivity index (χ2n) is 10.8. The van der Waals surface area contributed by atoms with Gasteiger partial charge in [0.15, 0.2) is 11.5 Å². The highest BCUT2D eigenvalue weighted by Gasteiger charge is 2.49. The molecule has 0 bridgehead atoms. The molecular weight excluding hydrogens is 498 g/mol. The van der Waals surface area contributed by atoms with Crippen LogP contribution in [0.4, 0.5) is 0 Å². The van der Waals surface area contributed by atoms with E-state index in [2.05, 4.69) is 15.2 Å². The van der Waals surface area contributed by atoms with Crippen LogP contribution < -0.4 is 10.1 Å². The molecule has 1 aromatic heterocycles. The zero-order valence-electron chi connectivity index (χ0n) is 22.5. The fourth-order valence-corrected chi connectivity index (χ4v) is 6.52. The molecule has 0 spiro atoms. The Morgan fingerprint density at radius 2 is 2.00 bits per heavy atom. The number of H-pyrrole nitrogens is 1. The molecule has 2 aromatic carbocycles. The zero-order chi connectivity index (χ0) is 27.6. The third-order valence-electron chi connectivity index (χ3n) is 8.48. The number of nitrogens with one attached hydrogen (secondary N) is 2. The Morgan fingerprint density at radius 3 is 2.79 bits per heavy atom. The first kappa shape index (κ1) is 27.0. The summed E-state index contributed by atoms with van der Waals surface area (Å²) in [5, 5.41) is 25.6. The van der Waals surface area contributed by atoms with Crippen molar-refractivity contribution in [2.45, 2.75) is 56.2 Å². The number of piperidine rings is 1. The number of rotatable bonds is 8. The molecule has 39 heavy (non-hydrogen) atoms. The predicted molar refractivity (Wildman–Crippen MR) is 146 cm³/mol. The summed E-state index contributed by atoms with van der Waals surface area (Å²) in [6, 6.07) is 12.0. The van der Waals surface area contributed by atoms with Crippen molar-refractivity contribution >= 4 is 22.8 Å². The predicted octanol–water partition coefficient (Wildman–Crippen LogP) is 3.45. The van der Waals surface area contributed by atoms with E-state index < -0.39 is 17.6 Å². The number of aliphatic hydroxyl groups is 1. The summed E-state index contributed by atoms with van der Waals surface area (Å²) < 4.78 is 10.4. The highest BCUT2D eigenvalue weighted by molar-refractivity contribution is 5.88. The fraction of sp³-hybridized carbons (Fsp3) is 0.467. The van der Waals surface area contributed by atoms with Crippen molar-refractivity contribution in [3.8, 4) is 11.5 Å².